The average molecular weight is 295 g/mol. The minimum Gasteiger partial charge on any atom is -0.480 e. The van der Waals surface area contributed by atoms with Crippen LogP contribution in [0.3, 0.4) is 0 Å². The molecular formula is C15H25N3O3. The van der Waals surface area contributed by atoms with Gasteiger partial charge in [-0.1, -0.05) is 6.42 Å². The Labute approximate surface area is 125 Å². The zero-order valence-corrected chi connectivity index (χ0v) is 12.5. The Morgan fingerprint density at radius 3 is 2.62 bits per heavy atom. The lowest BCUT2D eigenvalue weighted by atomic mass is 9.94. The molecule has 2 saturated heterocycles. The summed E-state index contributed by atoms with van der Waals surface area (Å²) in [4.78, 5) is 27.7. The molecule has 0 radical (unpaired) electrons. The molecule has 118 valence electrons. The molecule has 21 heavy (non-hydrogen) atoms. The van der Waals surface area contributed by atoms with Gasteiger partial charge in [-0.3, -0.25) is 0 Å². The average Bonchev–Trinajstić information content (AvgIpc) is 3.13. The van der Waals surface area contributed by atoms with Gasteiger partial charge in [-0.25, -0.2) is 9.59 Å². The van der Waals surface area contributed by atoms with Crippen LogP contribution in [0, 0.1) is 11.8 Å². The van der Waals surface area contributed by atoms with E-state index in [1.807, 2.05) is 0 Å². The SMILES string of the molecule is O=C(O)C1C2CCCC2CN1C(=O)NCCN1CCCC1. The predicted octanol–water partition coefficient (Wildman–Crippen LogP) is 0.977. The monoisotopic (exact) mass is 295 g/mol. The molecular weight excluding hydrogens is 270 g/mol. The molecule has 6 heteroatoms. The third-order valence-electron chi connectivity index (χ3n) is 5.31. The van der Waals surface area contributed by atoms with Gasteiger partial charge in [-0.15, -0.1) is 0 Å². The largest absolute Gasteiger partial charge is 0.480 e. The number of aliphatic carboxylic acids is 1. The van der Waals surface area contributed by atoms with E-state index in [0.717, 1.165) is 38.9 Å². The smallest absolute Gasteiger partial charge is 0.326 e. The molecule has 3 atom stereocenters. The van der Waals surface area contributed by atoms with Crippen molar-refractivity contribution >= 4 is 12.0 Å². The van der Waals surface area contributed by atoms with E-state index in [9.17, 15) is 14.7 Å². The lowest BCUT2D eigenvalue weighted by molar-refractivity contribution is -0.142. The first-order valence-electron chi connectivity index (χ1n) is 8.16. The summed E-state index contributed by atoms with van der Waals surface area (Å²) in [6, 6.07) is -0.819. The molecule has 1 saturated carbocycles. The zero-order chi connectivity index (χ0) is 14.8. The van der Waals surface area contributed by atoms with Crippen LogP contribution in [-0.2, 0) is 4.79 Å². The first-order valence-corrected chi connectivity index (χ1v) is 8.16. The Morgan fingerprint density at radius 1 is 1.14 bits per heavy atom. The summed E-state index contributed by atoms with van der Waals surface area (Å²) >= 11 is 0. The number of carbonyl (C=O) groups excluding carboxylic acids is 1. The molecule has 0 aromatic heterocycles. The Kier molecular flexibility index (Phi) is 4.33. The van der Waals surface area contributed by atoms with Crippen LogP contribution < -0.4 is 5.32 Å². The maximum Gasteiger partial charge on any atom is 0.326 e. The number of urea groups is 1. The summed E-state index contributed by atoms with van der Waals surface area (Å²) in [5.74, 6) is -0.304. The van der Waals surface area contributed by atoms with Gasteiger partial charge in [-0.05, 0) is 50.6 Å². The maximum atomic E-state index is 12.3. The quantitative estimate of drug-likeness (QED) is 0.811. The number of hydrogen-bond acceptors (Lipinski definition) is 3. The van der Waals surface area contributed by atoms with Crippen molar-refractivity contribution < 1.29 is 14.7 Å². The van der Waals surface area contributed by atoms with Crippen LogP contribution in [0.5, 0.6) is 0 Å². The van der Waals surface area contributed by atoms with Crippen molar-refractivity contribution in [3.63, 3.8) is 0 Å². The molecule has 2 heterocycles. The number of carbonyl (C=O) groups is 2. The molecule has 3 unspecified atom stereocenters. The number of nitrogens with one attached hydrogen (secondary N) is 1. The normalized spacial score (nSPS) is 32.4. The molecule has 6 nitrogen and oxygen atoms in total. The van der Waals surface area contributed by atoms with Gasteiger partial charge >= 0.3 is 12.0 Å². The van der Waals surface area contributed by atoms with E-state index in [0.29, 0.717) is 19.0 Å². The van der Waals surface area contributed by atoms with Crippen molar-refractivity contribution in [2.45, 2.75) is 38.1 Å². The molecule has 2 aliphatic heterocycles. The van der Waals surface area contributed by atoms with Gasteiger partial charge < -0.3 is 20.2 Å². The van der Waals surface area contributed by atoms with E-state index in [2.05, 4.69) is 10.2 Å². The second-order valence-electron chi connectivity index (χ2n) is 6.57. The predicted molar refractivity (Wildman–Crippen MR) is 78.0 cm³/mol. The highest BCUT2D eigenvalue weighted by Gasteiger charge is 2.49. The molecule has 3 aliphatic rings. The summed E-state index contributed by atoms with van der Waals surface area (Å²) in [6.07, 6.45) is 5.59. The highest BCUT2D eigenvalue weighted by atomic mass is 16.4. The van der Waals surface area contributed by atoms with Gasteiger partial charge in [0.25, 0.3) is 0 Å². The molecule has 2 amide bonds. The van der Waals surface area contributed by atoms with Gasteiger partial charge in [0, 0.05) is 19.6 Å². The van der Waals surface area contributed by atoms with Crippen LogP contribution in [0.1, 0.15) is 32.1 Å². The molecule has 3 rings (SSSR count). The Bertz CT molecular complexity index is 409. The number of carboxylic acid groups (broad SMARTS) is 1. The third kappa shape index (κ3) is 3.00. The number of hydrogen-bond donors (Lipinski definition) is 2. The van der Waals surface area contributed by atoms with E-state index in [4.69, 9.17) is 0 Å². The van der Waals surface area contributed by atoms with Crippen LogP contribution in [0.4, 0.5) is 4.79 Å². The van der Waals surface area contributed by atoms with Crippen molar-refractivity contribution in [3.8, 4) is 0 Å². The topological polar surface area (TPSA) is 72.9 Å². The van der Waals surface area contributed by atoms with Gasteiger partial charge in [0.15, 0.2) is 0 Å². The van der Waals surface area contributed by atoms with Gasteiger partial charge in [0.1, 0.15) is 6.04 Å². The Hall–Kier alpha value is -1.30. The van der Waals surface area contributed by atoms with E-state index in [1.165, 1.54) is 12.8 Å². The number of rotatable bonds is 4. The van der Waals surface area contributed by atoms with Crippen LogP contribution in [-0.4, -0.2) is 65.7 Å². The molecule has 0 spiro atoms. The van der Waals surface area contributed by atoms with Crippen LogP contribution >= 0.6 is 0 Å². The zero-order valence-electron chi connectivity index (χ0n) is 12.5. The second-order valence-corrected chi connectivity index (χ2v) is 6.57. The lowest BCUT2D eigenvalue weighted by Crippen LogP contribution is -2.49. The van der Waals surface area contributed by atoms with Gasteiger partial charge in [0.05, 0.1) is 0 Å². The lowest BCUT2D eigenvalue weighted by Gasteiger charge is -2.25. The molecule has 3 fully saturated rings. The highest BCUT2D eigenvalue weighted by Crippen LogP contribution is 2.42. The summed E-state index contributed by atoms with van der Waals surface area (Å²) in [7, 11) is 0. The van der Waals surface area contributed by atoms with Crippen molar-refractivity contribution in [1.29, 1.82) is 0 Å². The molecule has 0 aromatic rings. The summed E-state index contributed by atoms with van der Waals surface area (Å²) in [5.41, 5.74) is 0. The van der Waals surface area contributed by atoms with Gasteiger partial charge in [-0.2, -0.15) is 0 Å². The van der Waals surface area contributed by atoms with E-state index in [-0.39, 0.29) is 11.9 Å². The summed E-state index contributed by atoms with van der Waals surface area (Å²) < 4.78 is 0. The Balaban J connectivity index is 1.52. The summed E-state index contributed by atoms with van der Waals surface area (Å²) in [5, 5.41) is 12.4. The van der Waals surface area contributed by atoms with E-state index in [1.54, 1.807) is 4.90 Å². The number of amides is 2. The standard InChI is InChI=1S/C15H25N3O3/c19-14(20)13-12-5-3-4-11(12)10-18(13)15(21)16-6-9-17-7-1-2-8-17/h11-13H,1-10H2,(H,16,21)(H,19,20). The van der Waals surface area contributed by atoms with Crippen molar-refractivity contribution in [2.75, 3.05) is 32.7 Å². The van der Waals surface area contributed by atoms with Crippen LogP contribution in [0.25, 0.3) is 0 Å². The molecule has 0 bridgehead atoms. The fraction of sp³-hybridized carbons (Fsp3) is 0.867. The fourth-order valence-corrected chi connectivity index (χ4v) is 4.26. The molecule has 1 aliphatic carbocycles. The number of fused-ring (bicyclic) bond motifs is 1. The van der Waals surface area contributed by atoms with Crippen molar-refractivity contribution in [2.24, 2.45) is 11.8 Å². The number of likely N-dealkylation sites (tertiary alicyclic amines) is 2. The molecule has 0 aromatic carbocycles. The number of carboxylic acids is 1. The van der Waals surface area contributed by atoms with Crippen molar-refractivity contribution in [1.82, 2.24) is 15.1 Å². The minimum atomic E-state index is -0.848. The van der Waals surface area contributed by atoms with E-state index >= 15 is 0 Å². The summed E-state index contributed by atoms with van der Waals surface area (Å²) in [6.45, 7) is 4.31. The number of nitrogens with zero attached hydrogens (tertiary/aromatic N) is 2. The highest BCUT2D eigenvalue weighted by molar-refractivity contribution is 5.83. The third-order valence-corrected chi connectivity index (χ3v) is 5.31. The van der Waals surface area contributed by atoms with Crippen LogP contribution in [0.2, 0.25) is 0 Å². The second kappa shape index (κ2) is 6.22. The minimum absolute atomic E-state index is 0.159. The maximum absolute atomic E-state index is 12.3. The van der Waals surface area contributed by atoms with Gasteiger partial charge in [0.2, 0.25) is 0 Å². The van der Waals surface area contributed by atoms with Crippen molar-refractivity contribution in [3.05, 3.63) is 0 Å². The Morgan fingerprint density at radius 2 is 1.90 bits per heavy atom. The molecule has 2 N–H and O–H groups in total. The fourth-order valence-electron chi connectivity index (χ4n) is 4.26. The first kappa shape index (κ1) is 14.6. The first-order chi connectivity index (χ1) is 10.2. The van der Waals surface area contributed by atoms with Crippen LogP contribution in [0.15, 0.2) is 0 Å². The van der Waals surface area contributed by atoms with E-state index < -0.39 is 12.0 Å².